The van der Waals surface area contributed by atoms with Crippen molar-refractivity contribution in [2.75, 3.05) is 9.80 Å². The molecule has 7 aliphatic rings. The third-order valence-corrected chi connectivity index (χ3v) is 20.2. The molecular weight excluding hydrogens is 1120 g/mol. The first kappa shape index (κ1) is 50.2. The van der Waals surface area contributed by atoms with Crippen LogP contribution in [0.25, 0.3) is 66.7 Å². The topological polar surface area (TPSA) is 91.6 Å². The summed E-state index contributed by atoms with van der Waals surface area (Å²) in [5, 5.41) is 29.5. The number of aryl methyl sites for hydroxylation is 1. The van der Waals surface area contributed by atoms with Gasteiger partial charge in [0, 0.05) is 61.1 Å². The molecule has 91 heavy (non-hydrogen) atoms. The van der Waals surface area contributed by atoms with Crippen molar-refractivity contribution in [3.05, 3.63) is 311 Å². The second-order valence-corrected chi connectivity index (χ2v) is 24.5. The van der Waals surface area contributed by atoms with Crippen LogP contribution >= 0.6 is 0 Å². The second kappa shape index (κ2) is 18.4. The molecule has 5 heterocycles. The summed E-state index contributed by atoms with van der Waals surface area (Å²) in [7, 11) is 0. The maximum Gasteiger partial charge on any atom is 0.161 e. The van der Waals surface area contributed by atoms with Gasteiger partial charge >= 0.3 is 0 Å². The molecule has 0 radical (unpaired) electrons. The third-order valence-electron chi connectivity index (χ3n) is 20.2. The van der Waals surface area contributed by atoms with Crippen LogP contribution in [0.1, 0.15) is 74.6 Å². The van der Waals surface area contributed by atoms with Crippen LogP contribution in [0.5, 0.6) is 23.0 Å². The van der Waals surface area contributed by atoms with Crippen molar-refractivity contribution in [2.24, 2.45) is 0 Å². The molecule has 426 valence electrons. The summed E-state index contributed by atoms with van der Waals surface area (Å²) in [6, 6.07) is 84.1. The van der Waals surface area contributed by atoms with Gasteiger partial charge in [-0.25, -0.2) is 0 Å². The zero-order valence-electron chi connectivity index (χ0n) is 48.9. The van der Waals surface area contributed by atoms with Crippen molar-refractivity contribution in [1.29, 1.82) is 10.5 Å². The Kier molecular flexibility index (Phi) is 10.1. The lowest BCUT2D eigenvalue weighted by Gasteiger charge is -2.41. The lowest BCUT2D eigenvalue weighted by Crippen LogP contribution is -2.34. The fourth-order valence-electron chi connectivity index (χ4n) is 16.8. The Balaban J connectivity index is 0.997. The van der Waals surface area contributed by atoms with Gasteiger partial charge < -0.3 is 33.1 Å². The minimum Gasteiger partial charge on any atom is -0.452 e. The first-order chi connectivity index (χ1) is 45.1. The fourth-order valence-corrected chi connectivity index (χ4v) is 16.8. The van der Waals surface area contributed by atoms with Crippen molar-refractivity contribution in [3.8, 4) is 63.1 Å². The minimum atomic E-state index is -1.45. The molecule has 2 spiro atoms. The highest BCUT2D eigenvalue weighted by Gasteiger charge is 2.66. The number of ether oxygens (including phenoxy) is 3. The average molecular weight is 1170 g/mol. The predicted molar refractivity (Wildman–Crippen MR) is 359 cm³/mol. The van der Waals surface area contributed by atoms with Gasteiger partial charge in [0.15, 0.2) is 23.0 Å². The highest BCUT2D eigenvalue weighted by Crippen LogP contribution is 2.72. The highest BCUT2D eigenvalue weighted by atomic mass is 16.5. The maximum atomic E-state index is 13.3. The molecule has 9 nitrogen and oxygen atoms in total. The van der Waals surface area contributed by atoms with Gasteiger partial charge in [-0.05, 0) is 120 Å². The molecule has 0 N–H and O–H groups in total. The number of fused-ring (bicyclic) bond motifs is 25. The van der Waals surface area contributed by atoms with E-state index in [-0.39, 0.29) is 6.04 Å². The number of benzene rings is 11. The van der Waals surface area contributed by atoms with Gasteiger partial charge in [0.05, 0.1) is 67.7 Å². The van der Waals surface area contributed by atoms with E-state index >= 15 is 0 Å². The molecule has 0 saturated heterocycles. The van der Waals surface area contributed by atoms with Gasteiger partial charge in [0.1, 0.15) is 23.3 Å². The van der Waals surface area contributed by atoms with Crippen molar-refractivity contribution in [3.63, 3.8) is 0 Å². The second-order valence-electron chi connectivity index (χ2n) is 24.5. The Morgan fingerprint density at radius 3 is 1.52 bits per heavy atom. The molecule has 20 rings (SSSR count). The number of anilines is 6. The van der Waals surface area contributed by atoms with Crippen molar-refractivity contribution < 1.29 is 14.2 Å². The molecule has 0 saturated carbocycles. The number of hydrogen-bond acceptors (Lipinski definition) is 7. The van der Waals surface area contributed by atoms with E-state index in [2.05, 4.69) is 256 Å². The molecule has 0 fully saturated rings. The lowest BCUT2D eigenvalue weighted by atomic mass is 9.74. The van der Waals surface area contributed by atoms with Gasteiger partial charge in [-0.15, -0.1) is 0 Å². The Morgan fingerprint density at radius 2 is 0.956 bits per heavy atom. The van der Waals surface area contributed by atoms with Crippen LogP contribution in [0.3, 0.4) is 0 Å². The summed E-state index contributed by atoms with van der Waals surface area (Å²) < 4.78 is 28.3. The van der Waals surface area contributed by atoms with Crippen LogP contribution in [-0.4, -0.2) is 9.13 Å². The summed E-state index contributed by atoms with van der Waals surface area (Å²) in [5.41, 5.74) is 16.8. The average Bonchev–Trinajstić information content (AvgIpc) is 1.49. The largest absolute Gasteiger partial charge is 0.452 e. The number of rotatable bonds is 4. The summed E-state index contributed by atoms with van der Waals surface area (Å²) in [4.78, 5) is 4.47. The normalized spacial score (nSPS) is 16.4. The van der Waals surface area contributed by atoms with Gasteiger partial charge in [-0.1, -0.05) is 188 Å². The molecule has 13 aromatic rings. The molecule has 4 aliphatic carbocycles. The molecule has 3 aliphatic heterocycles. The van der Waals surface area contributed by atoms with Crippen LogP contribution < -0.4 is 19.3 Å². The van der Waals surface area contributed by atoms with Crippen LogP contribution in [0.4, 0.5) is 34.1 Å². The minimum absolute atomic E-state index is 0.0507. The number of aromatic nitrogens is 2. The van der Waals surface area contributed by atoms with E-state index in [1.165, 1.54) is 5.56 Å². The quantitative estimate of drug-likeness (QED) is 0.173. The number of allylic oxidation sites excluding steroid dienone is 5. The van der Waals surface area contributed by atoms with Crippen molar-refractivity contribution in [2.45, 2.75) is 36.5 Å². The maximum absolute atomic E-state index is 13.3. The molecule has 0 amide bonds. The fraction of sp³-hybridized carbons (Fsp3) is 0.0732. The van der Waals surface area contributed by atoms with Crippen LogP contribution in [0.15, 0.2) is 255 Å². The Labute approximate surface area is 523 Å². The van der Waals surface area contributed by atoms with Crippen molar-refractivity contribution in [1.82, 2.24) is 9.13 Å². The number of nitriles is 2. The summed E-state index contributed by atoms with van der Waals surface area (Å²) >= 11 is 0. The van der Waals surface area contributed by atoms with E-state index in [9.17, 15) is 10.5 Å². The first-order valence-electron chi connectivity index (χ1n) is 31.2. The van der Waals surface area contributed by atoms with E-state index in [4.69, 9.17) is 14.2 Å². The summed E-state index contributed by atoms with van der Waals surface area (Å²) in [6.45, 7) is 0. The Hall–Kier alpha value is -11.9. The van der Waals surface area contributed by atoms with E-state index < -0.39 is 11.2 Å². The standard InChI is InChI=1S/C82H50N6O3/c83-47-57-75-76(82(61-35-15-9-29-53(61)54-30-10-16-36-62(54)82)91-81(75)59-33-13-7-27-51(59)52-28-8-14-34-60(52)81)58(48-84)78(88-66-40-20-22-42-72(66)90-80-70(88)46-44-68-74(80)56-32-12-18-38-64(56)86(68)50-25-5-2-6-26-50)77(57)87-65-39-19-21-41-71(65)89-79-69(87)45-43-67-73(79)55-31-11-17-37-63(55)85(67)49-23-3-1-4-24-49/h1-11,13-23,25-31,33-46,49H,12,24,32H2. The zero-order chi connectivity index (χ0) is 59.8. The van der Waals surface area contributed by atoms with Gasteiger partial charge in [-0.2, -0.15) is 10.5 Å². The summed E-state index contributed by atoms with van der Waals surface area (Å²) in [5.74, 6) is 2.50. The monoisotopic (exact) mass is 1170 g/mol. The highest BCUT2D eigenvalue weighted by molar-refractivity contribution is 6.16. The van der Waals surface area contributed by atoms with Crippen molar-refractivity contribution >= 4 is 72.9 Å². The lowest BCUT2D eigenvalue weighted by molar-refractivity contribution is -0.0488. The number of nitrogens with zero attached hydrogens (tertiary/aromatic N) is 6. The van der Waals surface area contributed by atoms with Gasteiger partial charge in [0.25, 0.3) is 0 Å². The first-order valence-corrected chi connectivity index (χ1v) is 31.2. The Bertz CT molecular complexity index is 5540. The molecule has 11 aromatic carbocycles. The van der Waals surface area contributed by atoms with Crippen LogP contribution in [-0.2, 0) is 22.4 Å². The molecule has 1 atom stereocenters. The van der Waals surface area contributed by atoms with Gasteiger partial charge in [-0.3, -0.25) is 0 Å². The molecule has 0 bridgehead atoms. The Morgan fingerprint density at radius 1 is 0.451 bits per heavy atom. The number of hydrogen-bond donors (Lipinski definition) is 0. The smallest absolute Gasteiger partial charge is 0.161 e. The number of para-hydroxylation sites is 6. The van der Waals surface area contributed by atoms with E-state index in [0.717, 1.165) is 114 Å². The molecule has 1 unspecified atom stereocenters. The van der Waals surface area contributed by atoms with Gasteiger partial charge in [0.2, 0.25) is 0 Å². The molecular formula is C82H50N6O3. The predicted octanol–water partition coefficient (Wildman–Crippen LogP) is 20.2. The zero-order valence-corrected chi connectivity index (χ0v) is 48.9. The van der Waals surface area contributed by atoms with Crippen LogP contribution in [0.2, 0.25) is 0 Å². The van der Waals surface area contributed by atoms with E-state index in [1.54, 1.807) is 0 Å². The SMILES string of the molecule is N#Cc1c(N2c3ccccc3Oc3c2ccc2c3c3c(n2-c2ccccc2)C=CCC3)c(N2c3ccccc3Oc3c2ccc2c3c3ccccc3n2C2C=CC=CC2)c(C#N)c2c1C1(OC23c2ccccc2-c2ccccc23)c2ccccc2-c2ccccc21. The molecule has 2 aromatic heterocycles. The third kappa shape index (κ3) is 6.30. The summed E-state index contributed by atoms with van der Waals surface area (Å²) in [6.07, 6.45) is 15.7. The van der Waals surface area contributed by atoms with Crippen LogP contribution in [0, 0.1) is 22.7 Å². The molecule has 9 heteroatoms. The van der Waals surface area contributed by atoms with E-state index in [1.807, 2.05) is 36.4 Å². The van der Waals surface area contributed by atoms with E-state index in [0.29, 0.717) is 73.7 Å².